The fourth-order valence-corrected chi connectivity index (χ4v) is 4.43. The van der Waals surface area contributed by atoms with E-state index in [9.17, 15) is 18.0 Å². The van der Waals surface area contributed by atoms with Crippen LogP contribution in [0.5, 0.6) is 0 Å². The van der Waals surface area contributed by atoms with E-state index in [2.05, 4.69) is 5.32 Å². The average molecular weight is 433 g/mol. The topological polar surface area (TPSA) is 92.8 Å². The molecule has 8 heteroatoms. The first-order valence-electron chi connectivity index (χ1n) is 9.75. The molecule has 2 aromatic rings. The monoisotopic (exact) mass is 432 g/mol. The van der Waals surface area contributed by atoms with Crippen molar-refractivity contribution in [1.82, 2.24) is 4.31 Å². The van der Waals surface area contributed by atoms with Crippen LogP contribution in [-0.4, -0.2) is 44.3 Å². The number of carbonyl (C=O) groups is 2. The van der Waals surface area contributed by atoms with Crippen molar-refractivity contribution in [3.8, 4) is 0 Å². The van der Waals surface area contributed by atoms with Crippen LogP contribution < -0.4 is 5.32 Å². The summed E-state index contributed by atoms with van der Waals surface area (Å²) in [5, 5.41) is 2.58. The third-order valence-electron chi connectivity index (χ3n) is 4.80. The third kappa shape index (κ3) is 5.46. The van der Waals surface area contributed by atoms with Gasteiger partial charge in [-0.15, -0.1) is 0 Å². The predicted molar refractivity (Wildman–Crippen MR) is 116 cm³/mol. The second kappa shape index (κ2) is 9.86. The molecule has 0 aliphatic carbocycles. The number of anilines is 1. The van der Waals surface area contributed by atoms with E-state index >= 15 is 0 Å². The molecule has 0 spiro atoms. The highest BCUT2D eigenvalue weighted by Gasteiger charge is 2.31. The van der Waals surface area contributed by atoms with Gasteiger partial charge in [0.15, 0.2) is 6.61 Å². The largest absolute Gasteiger partial charge is 0.455 e. The van der Waals surface area contributed by atoms with Gasteiger partial charge in [0, 0.05) is 18.8 Å². The van der Waals surface area contributed by atoms with E-state index in [-0.39, 0.29) is 4.90 Å². The molecule has 0 saturated heterocycles. The van der Waals surface area contributed by atoms with Gasteiger partial charge >= 0.3 is 5.97 Å². The van der Waals surface area contributed by atoms with Crippen LogP contribution >= 0.6 is 0 Å². The molecule has 0 aromatic heterocycles. The number of benzene rings is 2. The number of amides is 1. The van der Waals surface area contributed by atoms with Crippen LogP contribution in [0.2, 0.25) is 0 Å². The van der Waals surface area contributed by atoms with Crippen LogP contribution in [0.4, 0.5) is 5.69 Å². The summed E-state index contributed by atoms with van der Waals surface area (Å²) in [5.41, 5.74) is 0.190. The molecule has 1 amide bonds. The molecule has 0 fully saturated rings. The number of nitrogens with one attached hydrogen (secondary N) is 1. The van der Waals surface area contributed by atoms with E-state index in [1.165, 1.54) is 16.4 Å². The van der Waals surface area contributed by atoms with Crippen molar-refractivity contribution in [3.05, 3.63) is 60.2 Å². The van der Waals surface area contributed by atoms with Crippen molar-refractivity contribution in [2.75, 3.05) is 25.0 Å². The third-order valence-corrected chi connectivity index (χ3v) is 6.85. The molecule has 1 N–H and O–H groups in total. The SMILES string of the molecule is CCN(CC)S(=O)(=O)c1cccc(NC(=O)COC(=O)C(C)(C)c2ccccc2)c1. The minimum absolute atomic E-state index is 0.0891. The lowest BCUT2D eigenvalue weighted by Gasteiger charge is -2.23. The fourth-order valence-electron chi connectivity index (χ4n) is 2.93. The summed E-state index contributed by atoms with van der Waals surface area (Å²) in [7, 11) is -3.64. The van der Waals surface area contributed by atoms with Gasteiger partial charge in [0.1, 0.15) is 0 Å². The van der Waals surface area contributed by atoms with Crippen molar-refractivity contribution in [1.29, 1.82) is 0 Å². The first kappa shape index (κ1) is 23.6. The molecule has 0 atom stereocenters. The normalized spacial score (nSPS) is 11.9. The molecule has 0 radical (unpaired) electrons. The summed E-state index contributed by atoms with van der Waals surface area (Å²) >= 11 is 0. The molecule has 0 unspecified atom stereocenters. The quantitative estimate of drug-likeness (QED) is 0.615. The van der Waals surface area contributed by atoms with Crippen LogP contribution in [0.3, 0.4) is 0 Å². The van der Waals surface area contributed by atoms with Gasteiger partial charge in [0.05, 0.1) is 10.3 Å². The first-order chi connectivity index (χ1) is 14.1. The Morgan fingerprint density at radius 2 is 1.63 bits per heavy atom. The molecule has 7 nitrogen and oxygen atoms in total. The number of nitrogens with zero attached hydrogens (tertiary/aromatic N) is 1. The lowest BCUT2D eigenvalue weighted by atomic mass is 9.85. The summed E-state index contributed by atoms with van der Waals surface area (Å²) in [5.74, 6) is -1.08. The fraction of sp³-hybridized carbons (Fsp3) is 0.364. The molecule has 162 valence electrons. The molecule has 0 saturated carbocycles. The summed E-state index contributed by atoms with van der Waals surface area (Å²) in [4.78, 5) is 24.8. The molecule has 30 heavy (non-hydrogen) atoms. The average Bonchev–Trinajstić information content (AvgIpc) is 2.73. The second-order valence-corrected chi connectivity index (χ2v) is 9.17. The van der Waals surface area contributed by atoms with Gasteiger partial charge in [0.25, 0.3) is 5.91 Å². The predicted octanol–water partition coefficient (Wildman–Crippen LogP) is 3.18. The van der Waals surface area contributed by atoms with Gasteiger partial charge < -0.3 is 10.1 Å². The van der Waals surface area contributed by atoms with E-state index in [1.54, 1.807) is 39.8 Å². The summed E-state index contributed by atoms with van der Waals surface area (Å²) in [6, 6.07) is 15.2. The first-order valence-corrected chi connectivity index (χ1v) is 11.2. The Morgan fingerprint density at radius 3 is 2.23 bits per heavy atom. The second-order valence-electron chi connectivity index (χ2n) is 7.23. The zero-order chi connectivity index (χ0) is 22.4. The Bertz CT molecular complexity index is 984. The lowest BCUT2D eigenvalue weighted by molar-refractivity contribution is -0.152. The Morgan fingerprint density at radius 1 is 1.00 bits per heavy atom. The van der Waals surface area contributed by atoms with Gasteiger partial charge in [-0.1, -0.05) is 50.2 Å². The van der Waals surface area contributed by atoms with Crippen molar-refractivity contribution in [2.45, 2.75) is 38.0 Å². The maximum atomic E-state index is 12.6. The smallest absolute Gasteiger partial charge is 0.316 e. The van der Waals surface area contributed by atoms with E-state index in [0.717, 1.165) is 5.56 Å². The van der Waals surface area contributed by atoms with Crippen LogP contribution in [0.1, 0.15) is 33.3 Å². The van der Waals surface area contributed by atoms with Gasteiger partial charge in [-0.25, -0.2) is 8.42 Å². The van der Waals surface area contributed by atoms with Gasteiger partial charge in [-0.2, -0.15) is 4.31 Å². The van der Waals surface area contributed by atoms with Crippen molar-refractivity contribution < 1.29 is 22.7 Å². The molecular formula is C22H28N2O5S. The van der Waals surface area contributed by atoms with Crippen molar-refractivity contribution >= 4 is 27.6 Å². The van der Waals surface area contributed by atoms with Crippen molar-refractivity contribution in [2.24, 2.45) is 0 Å². The summed E-state index contributed by atoms with van der Waals surface area (Å²) < 4.78 is 31.8. The highest BCUT2D eigenvalue weighted by molar-refractivity contribution is 7.89. The zero-order valence-electron chi connectivity index (χ0n) is 17.7. The Kier molecular flexibility index (Phi) is 7.75. The van der Waals surface area contributed by atoms with Crippen molar-refractivity contribution in [3.63, 3.8) is 0 Å². The standard InChI is InChI=1S/C22H28N2O5S/c1-5-24(6-2)30(27,28)19-14-10-13-18(15-19)23-20(25)16-29-21(26)22(3,4)17-11-8-7-9-12-17/h7-15H,5-6,16H2,1-4H3,(H,23,25). The van der Waals surface area contributed by atoms with E-state index in [0.29, 0.717) is 18.8 Å². The molecule has 0 aliphatic rings. The number of hydrogen-bond donors (Lipinski definition) is 1. The maximum Gasteiger partial charge on any atom is 0.316 e. The van der Waals surface area contributed by atoms with E-state index in [4.69, 9.17) is 4.74 Å². The van der Waals surface area contributed by atoms with Gasteiger partial charge in [0.2, 0.25) is 10.0 Å². The number of carbonyl (C=O) groups excluding carboxylic acids is 2. The number of esters is 1. The van der Waals surface area contributed by atoms with Crippen LogP contribution in [-0.2, 0) is 29.8 Å². The highest BCUT2D eigenvalue weighted by Crippen LogP contribution is 2.24. The van der Waals surface area contributed by atoms with E-state index < -0.39 is 33.9 Å². The van der Waals surface area contributed by atoms with Gasteiger partial charge in [-0.3, -0.25) is 9.59 Å². The molecule has 2 rings (SSSR count). The minimum atomic E-state index is -3.64. The lowest BCUT2D eigenvalue weighted by Crippen LogP contribution is -2.33. The maximum absolute atomic E-state index is 12.6. The number of rotatable bonds is 9. The zero-order valence-corrected chi connectivity index (χ0v) is 18.5. The molecular weight excluding hydrogens is 404 g/mol. The molecule has 0 aliphatic heterocycles. The van der Waals surface area contributed by atoms with Crippen LogP contribution in [0, 0.1) is 0 Å². The minimum Gasteiger partial charge on any atom is -0.455 e. The summed E-state index contributed by atoms with van der Waals surface area (Å²) in [6.45, 7) is 7.21. The Labute approximate surface area is 178 Å². The number of hydrogen-bond acceptors (Lipinski definition) is 5. The van der Waals surface area contributed by atoms with Gasteiger partial charge in [-0.05, 0) is 37.6 Å². The Balaban J connectivity index is 2.03. The highest BCUT2D eigenvalue weighted by atomic mass is 32.2. The number of sulfonamides is 1. The molecule has 0 heterocycles. The Hall–Kier alpha value is -2.71. The van der Waals surface area contributed by atoms with E-state index in [1.807, 2.05) is 30.3 Å². The van der Waals surface area contributed by atoms with Crippen LogP contribution in [0.15, 0.2) is 59.5 Å². The number of ether oxygens (including phenoxy) is 1. The van der Waals surface area contributed by atoms with Crippen LogP contribution in [0.25, 0.3) is 0 Å². The molecule has 0 bridgehead atoms. The summed E-state index contributed by atoms with van der Waals surface area (Å²) in [6.07, 6.45) is 0. The molecule has 2 aromatic carbocycles.